The number of benzene rings is 5. The topological polar surface area (TPSA) is 440 Å². The number of carbonyl (C=O) groups excluding carboxylic acids is 12. The van der Waals surface area contributed by atoms with Gasteiger partial charge < -0.3 is 80.7 Å². The molecule has 2 atom stereocenters. The molecule has 2 aromatic heterocycles. The SMILES string of the molecule is CC(=O)CC(=O)CCc1ccc(NC(=O)CCCC(=O)NCCCCCC(=O)NCCC(C)(C)N2Cc3cc(C(=O)N(C)Cc4nc5ccccc5[nH]4)ccc3N[C@@H](CC(=O)O)C2=O)cc1.CC(=O)CC(=O)CCc1ccc(NC(=O)CCCC(=O)NCCCOCCOCCOCCCC(C)(C)N2Cc3cc(OCCCCc4ccccn4)ccc3CC(CC(=O)O)C2=O)cc1. The van der Waals surface area contributed by atoms with Crippen LogP contribution in [0.4, 0.5) is 17.1 Å². The number of aromatic amines is 1. The van der Waals surface area contributed by atoms with E-state index in [1.165, 1.54) is 13.8 Å². The number of hydrogen-bond acceptors (Lipinski definition) is 21. The number of nitrogens with zero attached hydrogens (tertiary/aromatic N) is 5. The highest BCUT2D eigenvalue weighted by Gasteiger charge is 2.41. The quantitative estimate of drug-likeness (QED) is 0.0126. The molecule has 712 valence electrons. The number of ketones is 4. The fraction of sp³-hybridized carbons (Fsp3) is 0.500. The monoisotopic (exact) mass is 1820 g/mol. The van der Waals surface area contributed by atoms with Crippen LogP contribution in [0.5, 0.6) is 5.75 Å². The van der Waals surface area contributed by atoms with E-state index in [1.807, 2.05) is 118 Å². The minimum atomic E-state index is -1.13. The Morgan fingerprint density at radius 2 is 1.05 bits per heavy atom. The van der Waals surface area contributed by atoms with Gasteiger partial charge in [0.25, 0.3) is 5.91 Å². The van der Waals surface area contributed by atoms with Gasteiger partial charge in [-0.05, 0) is 238 Å². The fourth-order valence-corrected chi connectivity index (χ4v) is 15.5. The van der Waals surface area contributed by atoms with E-state index >= 15 is 0 Å². The summed E-state index contributed by atoms with van der Waals surface area (Å²) in [6.07, 6.45) is 12.1. The number of aromatic nitrogens is 3. The molecule has 0 saturated heterocycles. The Kier molecular flexibility index (Phi) is 43.8. The third kappa shape index (κ3) is 38.2. The maximum Gasteiger partial charge on any atom is 0.305 e. The number of amides is 8. The average Bonchev–Trinajstić information content (AvgIpc) is 1.63. The van der Waals surface area contributed by atoms with Gasteiger partial charge in [0.15, 0.2) is 0 Å². The number of rotatable bonds is 58. The van der Waals surface area contributed by atoms with Crippen LogP contribution in [-0.2, 0) is 122 Å². The summed E-state index contributed by atoms with van der Waals surface area (Å²) in [5.74, 6) is -3.47. The Morgan fingerprint density at radius 3 is 1.64 bits per heavy atom. The van der Waals surface area contributed by atoms with Crippen LogP contribution in [0.25, 0.3) is 11.0 Å². The average molecular weight is 1820 g/mol. The Hall–Kier alpha value is -12.4. The van der Waals surface area contributed by atoms with E-state index in [4.69, 9.17) is 18.9 Å². The number of Topliss-reactive ketones (excluding diaryl/α,β-unsaturated/α-hetero) is 4. The molecule has 32 nitrogen and oxygen atoms in total. The molecule has 0 saturated carbocycles. The zero-order valence-electron chi connectivity index (χ0n) is 77.4. The molecule has 5 aromatic carbocycles. The number of imidazole rings is 1. The molecule has 4 heterocycles. The highest BCUT2D eigenvalue weighted by Crippen LogP contribution is 2.36. The summed E-state index contributed by atoms with van der Waals surface area (Å²) in [5, 5.41) is 36.7. The zero-order valence-corrected chi connectivity index (χ0v) is 77.4. The van der Waals surface area contributed by atoms with Gasteiger partial charge in [-0.15, -0.1) is 0 Å². The van der Waals surface area contributed by atoms with Crippen molar-refractivity contribution in [1.29, 1.82) is 0 Å². The van der Waals surface area contributed by atoms with E-state index in [0.717, 1.165) is 70.4 Å². The summed E-state index contributed by atoms with van der Waals surface area (Å²) >= 11 is 0. The summed E-state index contributed by atoms with van der Waals surface area (Å²) in [5.41, 5.74) is 8.09. The fourth-order valence-electron chi connectivity index (χ4n) is 15.5. The lowest BCUT2D eigenvalue weighted by molar-refractivity contribution is -0.148. The number of hydrogen-bond donors (Lipinski definition) is 9. The number of carbonyl (C=O) groups is 14. The van der Waals surface area contributed by atoms with Crippen molar-refractivity contribution >= 4 is 110 Å². The lowest BCUT2D eigenvalue weighted by Crippen LogP contribution is -2.52. The molecule has 2 aliphatic heterocycles. The summed E-state index contributed by atoms with van der Waals surface area (Å²) in [6.45, 7) is 15.7. The number of unbranched alkanes of at least 4 members (excludes halogenated alkanes) is 3. The van der Waals surface area contributed by atoms with Gasteiger partial charge in [-0.3, -0.25) is 72.1 Å². The normalized spacial score (nSPS) is 13.6. The molecular weight excluding hydrogens is 1690 g/mol. The summed E-state index contributed by atoms with van der Waals surface area (Å²) in [7, 11) is 1.69. The third-order valence-corrected chi connectivity index (χ3v) is 22.9. The number of carboxylic acid groups (broad SMARTS) is 2. The van der Waals surface area contributed by atoms with Gasteiger partial charge in [0, 0.05) is 144 Å². The first-order valence-corrected chi connectivity index (χ1v) is 45.9. The minimum absolute atomic E-state index is 0.0412. The van der Waals surface area contributed by atoms with Gasteiger partial charge in [0.2, 0.25) is 41.4 Å². The summed E-state index contributed by atoms with van der Waals surface area (Å²) < 4.78 is 23.2. The highest BCUT2D eigenvalue weighted by molar-refractivity contribution is 5.99. The van der Waals surface area contributed by atoms with Gasteiger partial charge in [0.1, 0.15) is 40.7 Å². The lowest BCUT2D eigenvalue weighted by atomic mass is 9.92. The highest BCUT2D eigenvalue weighted by atomic mass is 16.5. The Balaban J connectivity index is 0.000000325. The van der Waals surface area contributed by atoms with Crippen molar-refractivity contribution in [2.75, 3.05) is 88.9 Å². The Morgan fingerprint density at radius 1 is 0.500 bits per heavy atom. The van der Waals surface area contributed by atoms with Crippen molar-refractivity contribution in [1.82, 2.24) is 45.6 Å². The first-order valence-electron chi connectivity index (χ1n) is 45.9. The van der Waals surface area contributed by atoms with Crippen molar-refractivity contribution in [3.8, 4) is 5.75 Å². The number of anilines is 3. The number of aryl methyl sites for hydroxylation is 3. The maximum absolute atomic E-state index is 13.9. The number of H-pyrrole nitrogens is 1. The van der Waals surface area contributed by atoms with Crippen LogP contribution in [0.3, 0.4) is 0 Å². The first kappa shape index (κ1) is 105. The third-order valence-electron chi connectivity index (χ3n) is 22.9. The van der Waals surface area contributed by atoms with E-state index in [-0.39, 0.29) is 142 Å². The molecule has 132 heavy (non-hydrogen) atoms. The van der Waals surface area contributed by atoms with E-state index in [0.29, 0.717) is 177 Å². The molecule has 9 rings (SSSR count). The predicted octanol–water partition coefficient (Wildman–Crippen LogP) is 12.5. The number of fused-ring (bicyclic) bond motifs is 3. The van der Waals surface area contributed by atoms with Gasteiger partial charge in [-0.25, -0.2) is 4.98 Å². The number of para-hydroxylation sites is 2. The number of carboxylic acids is 2. The molecule has 0 bridgehead atoms. The molecule has 1 unspecified atom stereocenters. The van der Waals surface area contributed by atoms with Gasteiger partial charge in [0.05, 0.1) is 82.2 Å². The van der Waals surface area contributed by atoms with Crippen molar-refractivity contribution in [2.24, 2.45) is 5.92 Å². The van der Waals surface area contributed by atoms with Gasteiger partial charge >= 0.3 is 11.9 Å². The molecule has 32 heteroatoms. The molecule has 8 amide bonds. The van der Waals surface area contributed by atoms with E-state index in [1.54, 1.807) is 65.5 Å². The number of pyridine rings is 1. The summed E-state index contributed by atoms with van der Waals surface area (Å²) in [6, 6.07) is 37.9. The minimum Gasteiger partial charge on any atom is -0.494 e. The van der Waals surface area contributed by atoms with Crippen LogP contribution in [0.15, 0.2) is 134 Å². The Bertz CT molecular complexity index is 4960. The second-order valence-corrected chi connectivity index (χ2v) is 35.0. The second kappa shape index (κ2) is 55.0. The van der Waals surface area contributed by atoms with Crippen LogP contribution >= 0.6 is 0 Å². The van der Waals surface area contributed by atoms with Crippen LogP contribution in [0.1, 0.15) is 232 Å². The van der Waals surface area contributed by atoms with Crippen LogP contribution < -0.4 is 36.6 Å². The molecule has 2 aliphatic rings. The molecular formula is C100H132N12O20. The molecule has 0 aliphatic carbocycles. The van der Waals surface area contributed by atoms with Crippen LogP contribution in [-0.4, -0.2) is 212 Å². The second-order valence-electron chi connectivity index (χ2n) is 35.0. The van der Waals surface area contributed by atoms with Crippen LogP contribution in [0.2, 0.25) is 0 Å². The van der Waals surface area contributed by atoms with Crippen molar-refractivity contribution in [2.45, 2.75) is 245 Å². The van der Waals surface area contributed by atoms with Gasteiger partial charge in [-0.1, -0.05) is 55.0 Å². The largest absolute Gasteiger partial charge is 0.494 e. The van der Waals surface area contributed by atoms with Crippen molar-refractivity contribution in [3.05, 3.63) is 178 Å². The lowest BCUT2D eigenvalue weighted by Gasteiger charge is -2.39. The smallest absolute Gasteiger partial charge is 0.305 e. The van der Waals surface area contributed by atoms with Crippen molar-refractivity contribution in [3.63, 3.8) is 0 Å². The van der Waals surface area contributed by atoms with E-state index < -0.39 is 47.3 Å². The molecule has 0 fully saturated rings. The molecule has 7 aromatic rings. The number of aliphatic carboxylic acids is 2. The maximum atomic E-state index is 13.9. The van der Waals surface area contributed by atoms with E-state index in [9.17, 15) is 77.3 Å². The zero-order chi connectivity index (χ0) is 95.4. The molecule has 9 N–H and O–H groups in total. The summed E-state index contributed by atoms with van der Waals surface area (Å²) in [4.78, 5) is 190. The molecule has 0 radical (unpaired) electrons. The molecule has 0 spiro atoms. The van der Waals surface area contributed by atoms with Crippen LogP contribution in [0, 0.1) is 5.92 Å². The Labute approximate surface area is 772 Å². The first-order chi connectivity index (χ1) is 63.2. The predicted molar refractivity (Wildman–Crippen MR) is 499 cm³/mol. The van der Waals surface area contributed by atoms with E-state index in [2.05, 4.69) is 46.9 Å². The van der Waals surface area contributed by atoms with Gasteiger partial charge in [-0.2, -0.15) is 0 Å². The van der Waals surface area contributed by atoms with Crippen molar-refractivity contribution < 1.29 is 96.3 Å². The number of nitrogens with one attached hydrogen (secondary N) is 7. The number of ether oxygens (including phenoxy) is 4. The standard InChI is InChI=1S/C51H70N4O11.C49H62N8O9/c1-38(56)33-45(57)21-17-39-15-19-44(20-16-39)54-48(59)14-8-13-47(58)53-25-10-27-64-30-32-65-31-29-63-26-9-23-51(2,3)55-37-42-35-46(66-28-7-5-12-43-11-4-6-24-52-43)22-18-40(42)34-41(50(55)62)36-49(60)61;1-32(58)27-37(59)22-18-33-16-20-36(21-17-33)52-45(62)15-10-14-44(61)50-25-9-5-6-13-43(60)51-26-24-49(2,3)57-30-35-28-34(19-23-38(35)53-41(48(57)66)29-46(63)64)47(65)56(4)31-42-54-39-11-7-8-12-40(39)55-42/h4,6,11,15-16,18-20,22,24,35,41H,5,7-10,12-14,17,21,23,25-34,36-37H2,1-3H3,(H,53,58)(H,54,59)(H,60,61);7-8,11-12,16-17,19-21,23,28,41,53H,5-6,9-10,13-15,18,22,24-27,29-31H2,1-4H3,(H,50,61)(H,51,60)(H,52,62)(H,54,55)(H,63,64)/t;41-/m.0/s1.